The van der Waals surface area contributed by atoms with Crippen LogP contribution in [0.3, 0.4) is 0 Å². The first-order valence-corrected chi connectivity index (χ1v) is 7.87. The monoisotopic (exact) mass is 385 g/mol. The van der Waals surface area contributed by atoms with E-state index >= 15 is 0 Å². The molecule has 0 aliphatic heterocycles. The average molecular weight is 387 g/mol. The lowest BCUT2D eigenvalue weighted by Gasteiger charge is -2.08. The molecule has 0 saturated heterocycles. The van der Waals surface area contributed by atoms with E-state index < -0.39 is 0 Å². The van der Waals surface area contributed by atoms with E-state index in [2.05, 4.69) is 67.4 Å². The molecule has 0 fully saturated rings. The molecule has 5 heteroatoms. The third kappa shape index (κ3) is 3.68. The Balaban J connectivity index is 1.99. The molecule has 1 heterocycles. The molecule has 0 aliphatic rings. The van der Waals surface area contributed by atoms with Crippen LogP contribution in [0.25, 0.3) is 0 Å². The number of halogens is 2. The highest BCUT2D eigenvalue weighted by atomic mass is 79.9. The van der Waals surface area contributed by atoms with Gasteiger partial charge in [-0.1, -0.05) is 28.1 Å². The summed E-state index contributed by atoms with van der Waals surface area (Å²) in [6, 6.07) is 8.34. The first-order chi connectivity index (χ1) is 9.11. The Kier molecular flexibility index (Phi) is 5.19. The molecule has 0 atom stereocenters. The van der Waals surface area contributed by atoms with Gasteiger partial charge in [0.05, 0.1) is 15.9 Å². The van der Waals surface area contributed by atoms with E-state index in [1.165, 1.54) is 11.3 Å². The van der Waals surface area contributed by atoms with Crippen molar-refractivity contribution in [2.45, 2.75) is 33.5 Å². The Morgan fingerprint density at radius 3 is 2.74 bits per heavy atom. The quantitative estimate of drug-likeness (QED) is 0.840. The van der Waals surface area contributed by atoms with E-state index in [0.29, 0.717) is 0 Å². The molecule has 1 N–H and O–H groups in total. The fraction of sp³-hybridized carbons (Fsp3) is 0.357. The van der Waals surface area contributed by atoms with Crippen molar-refractivity contribution < 1.29 is 0 Å². The average Bonchev–Trinajstić information content (AvgIpc) is 2.66. The van der Waals surface area contributed by atoms with E-state index in [4.69, 9.17) is 0 Å². The molecule has 0 saturated carbocycles. The molecule has 2 rings (SSSR count). The van der Waals surface area contributed by atoms with Crippen LogP contribution in [0.5, 0.6) is 0 Å². The molecule has 102 valence electrons. The molecule has 1 aromatic carbocycles. The minimum Gasteiger partial charge on any atom is -0.307 e. The molecule has 0 bridgehead atoms. The largest absolute Gasteiger partial charge is 0.307 e. The predicted molar refractivity (Wildman–Crippen MR) is 85.0 cm³/mol. The summed E-state index contributed by atoms with van der Waals surface area (Å²) in [5.74, 6) is 0. The van der Waals surface area contributed by atoms with Crippen molar-refractivity contribution in [2.75, 3.05) is 0 Å². The van der Waals surface area contributed by atoms with Gasteiger partial charge in [0.1, 0.15) is 0 Å². The summed E-state index contributed by atoms with van der Waals surface area (Å²) < 4.78 is 4.26. The van der Waals surface area contributed by atoms with Crippen molar-refractivity contribution in [3.8, 4) is 0 Å². The Labute approximate surface area is 130 Å². The minimum atomic E-state index is 0.807. The molecule has 0 spiro atoms. The van der Waals surface area contributed by atoms with Crippen LogP contribution in [-0.2, 0) is 19.6 Å². The second kappa shape index (κ2) is 6.68. The van der Waals surface area contributed by atoms with Gasteiger partial charge in [-0.2, -0.15) is 5.10 Å². The van der Waals surface area contributed by atoms with Crippen molar-refractivity contribution >= 4 is 31.9 Å². The number of rotatable bonds is 5. The fourth-order valence-electron chi connectivity index (χ4n) is 2.01. The zero-order chi connectivity index (χ0) is 13.8. The standard InChI is InChI=1S/C14H17Br2N3/c1-3-19-13(14(16)10(2)18-19)9-17-8-11-5-4-6-12(15)7-11/h4-7,17H,3,8-9H2,1-2H3. The van der Waals surface area contributed by atoms with E-state index in [9.17, 15) is 0 Å². The van der Waals surface area contributed by atoms with Crippen molar-refractivity contribution in [1.82, 2.24) is 15.1 Å². The molecule has 1 aromatic heterocycles. The topological polar surface area (TPSA) is 29.9 Å². The van der Waals surface area contributed by atoms with Crippen molar-refractivity contribution in [1.29, 1.82) is 0 Å². The predicted octanol–water partition coefficient (Wildman–Crippen LogP) is 4.03. The third-order valence-corrected chi connectivity index (χ3v) is 4.49. The number of hydrogen-bond acceptors (Lipinski definition) is 2. The highest BCUT2D eigenvalue weighted by molar-refractivity contribution is 9.10. The number of hydrogen-bond donors (Lipinski definition) is 1. The van der Waals surface area contributed by atoms with Crippen LogP contribution >= 0.6 is 31.9 Å². The maximum absolute atomic E-state index is 4.49. The number of benzene rings is 1. The first kappa shape index (κ1) is 14.8. The van der Waals surface area contributed by atoms with Crippen LogP contribution in [0.2, 0.25) is 0 Å². The van der Waals surface area contributed by atoms with Crippen molar-refractivity contribution in [3.63, 3.8) is 0 Å². The summed E-state index contributed by atoms with van der Waals surface area (Å²) in [6.45, 7) is 6.67. The molecule has 0 aliphatic carbocycles. The van der Waals surface area contributed by atoms with Crippen LogP contribution in [0.4, 0.5) is 0 Å². The number of nitrogens with zero attached hydrogens (tertiary/aromatic N) is 2. The maximum Gasteiger partial charge on any atom is 0.0739 e. The number of aromatic nitrogens is 2. The Morgan fingerprint density at radius 2 is 2.05 bits per heavy atom. The molecular weight excluding hydrogens is 370 g/mol. The van der Waals surface area contributed by atoms with Gasteiger partial charge in [-0.3, -0.25) is 4.68 Å². The van der Waals surface area contributed by atoms with Gasteiger partial charge in [0.2, 0.25) is 0 Å². The number of nitrogens with one attached hydrogen (secondary N) is 1. The smallest absolute Gasteiger partial charge is 0.0739 e. The van der Waals surface area contributed by atoms with Crippen LogP contribution in [-0.4, -0.2) is 9.78 Å². The summed E-state index contributed by atoms with van der Waals surface area (Å²) in [5.41, 5.74) is 3.51. The first-order valence-electron chi connectivity index (χ1n) is 6.28. The molecule has 19 heavy (non-hydrogen) atoms. The summed E-state index contributed by atoms with van der Waals surface area (Å²) in [4.78, 5) is 0. The second-order valence-electron chi connectivity index (χ2n) is 4.40. The maximum atomic E-state index is 4.49. The summed E-state index contributed by atoms with van der Waals surface area (Å²) in [6.07, 6.45) is 0. The molecule has 0 unspecified atom stereocenters. The van der Waals surface area contributed by atoms with Gasteiger partial charge in [-0.15, -0.1) is 0 Å². The highest BCUT2D eigenvalue weighted by Gasteiger charge is 2.11. The SMILES string of the molecule is CCn1nc(C)c(Br)c1CNCc1cccc(Br)c1. The zero-order valence-corrected chi connectivity index (χ0v) is 14.3. The van der Waals surface area contributed by atoms with Crippen LogP contribution in [0.1, 0.15) is 23.9 Å². The van der Waals surface area contributed by atoms with E-state index in [-0.39, 0.29) is 0 Å². The van der Waals surface area contributed by atoms with Gasteiger partial charge in [-0.05, 0) is 47.5 Å². The van der Waals surface area contributed by atoms with Gasteiger partial charge in [0.25, 0.3) is 0 Å². The second-order valence-corrected chi connectivity index (χ2v) is 6.10. The normalized spacial score (nSPS) is 10.9. The summed E-state index contributed by atoms with van der Waals surface area (Å²) in [7, 11) is 0. The van der Waals surface area contributed by atoms with E-state index in [0.717, 1.165) is 34.3 Å². The lowest BCUT2D eigenvalue weighted by molar-refractivity contribution is 0.578. The van der Waals surface area contributed by atoms with Gasteiger partial charge >= 0.3 is 0 Å². The van der Waals surface area contributed by atoms with Crippen molar-refractivity contribution in [3.05, 3.63) is 50.2 Å². The Hall–Kier alpha value is -0.650. The molecular formula is C14H17Br2N3. The Morgan fingerprint density at radius 1 is 1.26 bits per heavy atom. The summed E-state index contributed by atoms with van der Waals surface area (Å²) >= 11 is 7.10. The molecule has 3 nitrogen and oxygen atoms in total. The molecule has 2 aromatic rings. The van der Waals surface area contributed by atoms with Crippen molar-refractivity contribution in [2.24, 2.45) is 0 Å². The van der Waals surface area contributed by atoms with Gasteiger partial charge < -0.3 is 5.32 Å². The van der Waals surface area contributed by atoms with Crippen LogP contribution in [0, 0.1) is 6.92 Å². The highest BCUT2D eigenvalue weighted by Crippen LogP contribution is 2.21. The summed E-state index contributed by atoms with van der Waals surface area (Å²) in [5, 5.41) is 7.95. The fourth-order valence-corrected chi connectivity index (χ4v) is 2.88. The van der Waals surface area contributed by atoms with Crippen LogP contribution < -0.4 is 5.32 Å². The third-order valence-electron chi connectivity index (χ3n) is 2.96. The van der Waals surface area contributed by atoms with Gasteiger partial charge in [-0.25, -0.2) is 0 Å². The molecule has 0 amide bonds. The van der Waals surface area contributed by atoms with E-state index in [1.807, 2.05) is 17.7 Å². The minimum absolute atomic E-state index is 0.807. The van der Waals surface area contributed by atoms with E-state index in [1.54, 1.807) is 0 Å². The lowest BCUT2D eigenvalue weighted by atomic mass is 10.2. The van der Waals surface area contributed by atoms with Crippen LogP contribution in [0.15, 0.2) is 33.2 Å². The van der Waals surface area contributed by atoms with Gasteiger partial charge in [0.15, 0.2) is 0 Å². The van der Waals surface area contributed by atoms with Gasteiger partial charge in [0, 0.05) is 24.1 Å². The number of aryl methyl sites for hydroxylation is 2. The lowest BCUT2D eigenvalue weighted by Crippen LogP contribution is -2.16. The zero-order valence-electron chi connectivity index (χ0n) is 11.1. The molecule has 0 radical (unpaired) electrons. The Bertz CT molecular complexity index is 564.